The molecule has 33 heavy (non-hydrogen) atoms. The summed E-state index contributed by atoms with van der Waals surface area (Å²) in [5.74, 6) is 0.366. The van der Waals surface area contributed by atoms with E-state index >= 15 is 0 Å². The normalized spacial score (nSPS) is 17.7. The van der Waals surface area contributed by atoms with Crippen LogP contribution in [0, 0.1) is 0 Å². The number of carbonyl (C=O) groups is 1. The standard InChI is InChI=1S/C24H27ClF3N3O2/c1-29-15-17-13-16(23(32)31-10-2-9-30(11-12-31)18-4-5-18)3-8-22(17)33-19-6-7-21(25)20(14-19)24(26,27)28/h3,6-8,13-14,18,29H,2,4-5,9-12,15H2,1H3. The van der Waals surface area contributed by atoms with Gasteiger partial charge in [0.2, 0.25) is 0 Å². The third-order valence-electron chi connectivity index (χ3n) is 6.03. The molecule has 4 rings (SSSR count). The average Bonchev–Trinajstić information content (AvgIpc) is 3.62. The Balaban J connectivity index is 1.52. The van der Waals surface area contributed by atoms with Crippen LogP contribution in [0.3, 0.4) is 0 Å². The number of hydrogen-bond acceptors (Lipinski definition) is 4. The summed E-state index contributed by atoms with van der Waals surface area (Å²) in [7, 11) is 1.75. The third-order valence-corrected chi connectivity index (χ3v) is 6.36. The molecule has 2 aliphatic rings. The zero-order chi connectivity index (χ0) is 23.6. The van der Waals surface area contributed by atoms with Crippen molar-refractivity contribution in [2.45, 2.75) is 38.0 Å². The highest BCUT2D eigenvalue weighted by Crippen LogP contribution is 2.38. The fourth-order valence-corrected chi connectivity index (χ4v) is 4.41. The lowest BCUT2D eigenvalue weighted by Crippen LogP contribution is -2.35. The molecule has 1 heterocycles. The van der Waals surface area contributed by atoms with Gasteiger partial charge < -0.3 is 15.0 Å². The lowest BCUT2D eigenvalue weighted by Gasteiger charge is -2.22. The van der Waals surface area contributed by atoms with Gasteiger partial charge in [0.05, 0.1) is 10.6 Å². The monoisotopic (exact) mass is 481 g/mol. The molecule has 0 radical (unpaired) electrons. The molecule has 1 aliphatic carbocycles. The number of halogens is 4. The van der Waals surface area contributed by atoms with E-state index in [0.717, 1.165) is 25.6 Å². The van der Waals surface area contributed by atoms with Crippen LogP contribution >= 0.6 is 11.6 Å². The Labute approximate surface area is 196 Å². The summed E-state index contributed by atoms with van der Waals surface area (Å²) in [6, 6.07) is 9.18. The maximum atomic E-state index is 13.2. The molecule has 0 unspecified atom stereocenters. The van der Waals surface area contributed by atoms with Crippen LogP contribution in [-0.2, 0) is 12.7 Å². The highest BCUT2D eigenvalue weighted by molar-refractivity contribution is 6.31. The maximum absolute atomic E-state index is 13.2. The van der Waals surface area contributed by atoms with E-state index in [1.807, 2.05) is 4.90 Å². The van der Waals surface area contributed by atoms with Gasteiger partial charge in [0, 0.05) is 49.9 Å². The number of hydrogen-bond donors (Lipinski definition) is 1. The summed E-state index contributed by atoms with van der Waals surface area (Å²) < 4.78 is 45.3. The van der Waals surface area contributed by atoms with Crippen molar-refractivity contribution in [3.8, 4) is 11.5 Å². The quantitative estimate of drug-likeness (QED) is 0.617. The second-order valence-corrected chi connectivity index (χ2v) is 8.91. The predicted molar refractivity (Wildman–Crippen MR) is 121 cm³/mol. The molecule has 1 aliphatic heterocycles. The van der Waals surface area contributed by atoms with Crippen molar-refractivity contribution < 1.29 is 22.7 Å². The summed E-state index contributed by atoms with van der Waals surface area (Å²) in [5, 5.41) is 2.64. The summed E-state index contributed by atoms with van der Waals surface area (Å²) in [5.41, 5.74) is 0.269. The molecule has 9 heteroatoms. The second kappa shape index (κ2) is 9.91. The summed E-state index contributed by atoms with van der Waals surface area (Å²) in [4.78, 5) is 17.5. The predicted octanol–water partition coefficient (Wildman–Crippen LogP) is 5.18. The zero-order valence-electron chi connectivity index (χ0n) is 18.4. The van der Waals surface area contributed by atoms with Gasteiger partial charge in [-0.1, -0.05) is 11.6 Å². The van der Waals surface area contributed by atoms with E-state index in [-0.39, 0.29) is 16.7 Å². The number of alkyl halides is 3. The zero-order valence-corrected chi connectivity index (χ0v) is 19.2. The molecule has 0 atom stereocenters. The number of rotatable bonds is 6. The summed E-state index contributed by atoms with van der Waals surface area (Å²) in [6.07, 6.45) is -1.13. The van der Waals surface area contributed by atoms with E-state index < -0.39 is 11.7 Å². The van der Waals surface area contributed by atoms with Crippen LogP contribution in [0.2, 0.25) is 5.02 Å². The first-order valence-electron chi connectivity index (χ1n) is 11.1. The lowest BCUT2D eigenvalue weighted by atomic mass is 10.1. The smallest absolute Gasteiger partial charge is 0.417 e. The van der Waals surface area contributed by atoms with Crippen LogP contribution in [0.25, 0.3) is 0 Å². The Morgan fingerprint density at radius 1 is 1.12 bits per heavy atom. The van der Waals surface area contributed by atoms with Crippen molar-refractivity contribution in [2.24, 2.45) is 0 Å². The van der Waals surface area contributed by atoms with Gasteiger partial charge in [0.25, 0.3) is 5.91 Å². The molecule has 2 aromatic rings. The average molecular weight is 482 g/mol. The number of amides is 1. The Morgan fingerprint density at radius 3 is 2.61 bits per heavy atom. The van der Waals surface area contributed by atoms with Gasteiger partial charge in [-0.2, -0.15) is 13.2 Å². The van der Waals surface area contributed by atoms with E-state index in [2.05, 4.69) is 10.2 Å². The molecule has 1 N–H and O–H groups in total. The minimum atomic E-state index is -4.58. The molecular weight excluding hydrogens is 455 g/mol. The van der Waals surface area contributed by atoms with Gasteiger partial charge in [0.15, 0.2) is 0 Å². The van der Waals surface area contributed by atoms with E-state index in [1.54, 1.807) is 25.2 Å². The SMILES string of the molecule is CNCc1cc(C(=O)N2CCCN(C3CC3)CC2)ccc1Oc1ccc(Cl)c(C(F)(F)F)c1. The van der Waals surface area contributed by atoms with Crippen molar-refractivity contribution in [3.05, 3.63) is 58.1 Å². The number of ether oxygens (including phenoxy) is 1. The highest BCUT2D eigenvalue weighted by atomic mass is 35.5. The van der Waals surface area contributed by atoms with Crippen molar-refractivity contribution in [1.29, 1.82) is 0 Å². The fraction of sp³-hybridized carbons (Fsp3) is 0.458. The van der Waals surface area contributed by atoms with Crippen LogP contribution in [0.1, 0.15) is 40.7 Å². The molecule has 1 amide bonds. The van der Waals surface area contributed by atoms with E-state index in [1.165, 1.54) is 25.0 Å². The molecule has 5 nitrogen and oxygen atoms in total. The molecule has 0 spiro atoms. The van der Waals surface area contributed by atoms with Crippen molar-refractivity contribution in [1.82, 2.24) is 15.1 Å². The molecule has 1 saturated heterocycles. The van der Waals surface area contributed by atoms with Crippen LogP contribution in [0.5, 0.6) is 11.5 Å². The van der Waals surface area contributed by atoms with Gasteiger partial charge >= 0.3 is 6.18 Å². The summed E-state index contributed by atoms with van der Waals surface area (Å²) >= 11 is 5.70. The Kier molecular flexibility index (Phi) is 7.16. The van der Waals surface area contributed by atoms with E-state index in [9.17, 15) is 18.0 Å². The molecule has 178 valence electrons. The topological polar surface area (TPSA) is 44.8 Å². The highest BCUT2D eigenvalue weighted by Gasteiger charge is 2.34. The van der Waals surface area contributed by atoms with Crippen molar-refractivity contribution >= 4 is 17.5 Å². The maximum Gasteiger partial charge on any atom is 0.417 e. The number of benzene rings is 2. The third kappa shape index (κ3) is 5.80. The molecule has 2 fully saturated rings. The minimum Gasteiger partial charge on any atom is -0.457 e. The van der Waals surface area contributed by atoms with E-state index in [0.29, 0.717) is 42.6 Å². The van der Waals surface area contributed by atoms with Crippen LogP contribution < -0.4 is 10.1 Å². The number of nitrogens with zero attached hydrogens (tertiary/aromatic N) is 2. The van der Waals surface area contributed by atoms with Gasteiger partial charge in [-0.15, -0.1) is 0 Å². The Hall–Kier alpha value is -2.29. The first-order valence-corrected chi connectivity index (χ1v) is 11.5. The largest absolute Gasteiger partial charge is 0.457 e. The van der Waals surface area contributed by atoms with Gasteiger partial charge in [0.1, 0.15) is 11.5 Å². The van der Waals surface area contributed by atoms with Gasteiger partial charge in [-0.25, -0.2) is 0 Å². The van der Waals surface area contributed by atoms with E-state index in [4.69, 9.17) is 16.3 Å². The van der Waals surface area contributed by atoms with Crippen LogP contribution in [0.4, 0.5) is 13.2 Å². The fourth-order valence-electron chi connectivity index (χ4n) is 4.18. The van der Waals surface area contributed by atoms with Crippen LogP contribution in [-0.4, -0.2) is 55.0 Å². The van der Waals surface area contributed by atoms with Gasteiger partial charge in [-0.05, 0) is 62.7 Å². The first-order chi connectivity index (χ1) is 15.8. The van der Waals surface area contributed by atoms with Crippen molar-refractivity contribution in [2.75, 3.05) is 33.2 Å². The van der Waals surface area contributed by atoms with Crippen molar-refractivity contribution in [3.63, 3.8) is 0 Å². The molecule has 0 bridgehead atoms. The molecular formula is C24H27ClF3N3O2. The Morgan fingerprint density at radius 2 is 1.91 bits per heavy atom. The minimum absolute atomic E-state index is 0.0239. The number of carbonyl (C=O) groups excluding carboxylic acids is 1. The molecule has 0 aromatic heterocycles. The molecule has 2 aromatic carbocycles. The Bertz CT molecular complexity index is 1010. The first kappa shape index (κ1) is 23.9. The number of nitrogens with one attached hydrogen (secondary N) is 1. The second-order valence-electron chi connectivity index (χ2n) is 8.51. The lowest BCUT2D eigenvalue weighted by molar-refractivity contribution is -0.137. The summed E-state index contributed by atoms with van der Waals surface area (Å²) in [6.45, 7) is 3.71. The van der Waals surface area contributed by atoms with Crippen LogP contribution in [0.15, 0.2) is 36.4 Å². The van der Waals surface area contributed by atoms with Gasteiger partial charge in [-0.3, -0.25) is 9.69 Å². The molecule has 1 saturated carbocycles.